The van der Waals surface area contributed by atoms with Gasteiger partial charge in [-0.15, -0.1) is 11.3 Å². The van der Waals surface area contributed by atoms with Gasteiger partial charge in [-0.2, -0.15) is 0 Å². The summed E-state index contributed by atoms with van der Waals surface area (Å²) in [6.07, 6.45) is 1.55. The molecule has 0 fully saturated rings. The van der Waals surface area contributed by atoms with Crippen LogP contribution in [0, 0.1) is 0 Å². The van der Waals surface area contributed by atoms with E-state index in [2.05, 4.69) is 9.71 Å². The van der Waals surface area contributed by atoms with Crippen molar-refractivity contribution in [3.63, 3.8) is 0 Å². The molecule has 3 rings (SSSR count). The van der Waals surface area contributed by atoms with Gasteiger partial charge in [0.1, 0.15) is 0 Å². The molecule has 0 unspecified atom stereocenters. The topological polar surface area (TPSA) is 85.4 Å². The molecule has 1 N–H and O–H groups in total. The van der Waals surface area contributed by atoms with Gasteiger partial charge in [-0.25, -0.2) is 13.4 Å². The largest absolute Gasteiger partial charge is 0.466 e. The van der Waals surface area contributed by atoms with Crippen molar-refractivity contribution in [2.24, 2.45) is 0 Å². The minimum Gasteiger partial charge on any atom is -0.466 e. The summed E-state index contributed by atoms with van der Waals surface area (Å²) in [6, 6.07) is 12.4. The number of ether oxygens (including phenoxy) is 1. The van der Waals surface area contributed by atoms with E-state index >= 15 is 0 Å². The van der Waals surface area contributed by atoms with Crippen LogP contribution in [-0.2, 0) is 26.0 Å². The van der Waals surface area contributed by atoms with Crippen LogP contribution in [0.4, 0.5) is 5.13 Å². The van der Waals surface area contributed by atoms with E-state index < -0.39 is 10.0 Å². The lowest BCUT2D eigenvalue weighted by Crippen LogP contribution is -2.13. The molecule has 130 valence electrons. The number of sulfonamides is 1. The zero-order valence-electron chi connectivity index (χ0n) is 13.4. The molecular weight excluding hydrogens is 360 g/mol. The lowest BCUT2D eigenvalue weighted by atomic mass is 10.1. The van der Waals surface area contributed by atoms with Gasteiger partial charge in [-0.05, 0) is 18.4 Å². The van der Waals surface area contributed by atoms with Gasteiger partial charge < -0.3 is 4.74 Å². The summed E-state index contributed by atoms with van der Waals surface area (Å²) in [7, 11) is -3.78. The second kappa shape index (κ2) is 7.20. The van der Waals surface area contributed by atoms with Crippen LogP contribution in [0.5, 0.6) is 0 Å². The predicted octanol–water partition coefficient (Wildman–Crippen LogP) is 3.20. The highest BCUT2D eigenvalue weighted by Crippen LogP contribution is 2.26. The third kappa shape index (κ3) is 3.97. The van der Waals surface area contributed by atoms with Crippen molar-refractivity contribution < 1.29 is 17.9 Å². The van der Waals surface area contributed by atoms with Crippen molar-refractivity contribution in [2.75, 3.05) is 11.3 Å². The lowest BCUT2D eigenvalue weighted by Gasteiger charge is -2.08. The van der Waals surface area contributed by atoms with E-state index in [1.807, 2.05) is 18.2 Å². The van der Waals surface area contributed by atoms with Crippen LogP contribution < -0.4 is 4.72 Å². The molecular formula is C17H16N2O4S2. The second-order valence-corrected chi connectivity index (χ2v) is 7.96. The molecule has 2 aromatic carbocycles. The molecule has 25 heavy (non-hydrogen) atoms. The van der Waals surface area contributed by atoms with Gasteiger partial charge in [0.2, 0.25) is 0 Å². The fourth-order valence-corrected chi connectivity index (χ4v) is 4.66. The minimum absolute atomic E-state index is 0.0709. The minimum atomic E-state index is -3.78. The molecule has 6 nitrogen and oxygen atoms in total. The van der Waals surface area contributed by atoms with Crippen LogP contribution in [0.15, 0.2) is 53.6 Å². The van der Waals surface area contributed by atoms with Gasteiger partial charge in [0.15, 0.2) is 5.13 Å². The van der Waals surface area contributed by atoms with Crippen LogP contribution in [0.2, 0.25) is 0 Å². The fraction of sp³-hybridized carbons (Fsp3) is 0.176. The molecule has 0 aliphatic heterocycles. The molecule has 0 radical (unpaired) electrons. The van der Waals surface area contributed by atoms with E-state index in [0.717, 1.165) is 16.7 Å². The third-order valence-electron chi connectivity index (χ3n) is 3.44. The van der Waals surface area contributed by atoms with Crippen molar-refractivity contribution in [3.05, 3.63) is 53.5 Å². The second-order valence-electron chi connectivity index (χ2n) is 5.20. The summed E-state index contributed by atoms with van der Waals surface area (Å²) in [5, 5.41) is 1.69. The SMILES string of the molecule is CCOC(=O)Cc1cnc(NS(=O)(=O)c2cccc3ccccc23)s1. The first-order valence-electron chi connectivity index (χ1n) is 7.60. The van der Waals surface area contributed by atoms with E-state index in [0.29, 0.717) is 16.9 Å². The average Bonchev–Trinajstić information content (AvgIpc) is 3.00. The van der Waals surface area contributed by atoms with Gasteiger partial charge in [0.25, 0.3) is 10.0 Å². The van der Waals surface area contributed by atoms with Gasteiger partial charge in [0.05, 0.1) is 17.9 Å². The van der Waals surface area contributed by atoms with Gasteiger partial charge in [0, 0.05) is 16.5 Å². The number of esters is 1. The number of anilines is 1. The molecule has 3 aromatic rings. The number of nitrogens with zero attached hydrogens (tertiary/aromatic N) is 1. The highest BCUT2D eigenvalue weighted by molar-refractivity contribution is 7.93. The van der Waals surface area contributed by atoms with E-state index in [-0.39, 0.29) is 22.4 Å². The van der Waals surface area contributed by atoms with Crippen molar-refractivity contribution in [1.29, 1.82) is 0 Å². The first-order valence-corrected chi connectivity index (χ1v) is 9.90. The predicted molar refractivity (Wildman–Crippen MR) is 97.2 cm³/mol. The average molecular weight is 376 g/mol. The van der Waals surface area contributed by atoms with E-state index in [1.165, 1.54) is 6.20 Å². The molecule has 0 bridgehead atoms. The Morgan fingerprint density at radius 1 is 1.20 bits per heavy atom. The molecule has 0 amide bonds. The Hall–Kier alpha value is -2.45. The maximum absolute atomic E-state index is 12.7. The van der Waals surface area contributed by atoms with Crippen LogP contribution in [0.1, 0.15) is 11.8 Å². The molecule has 0 saturated heterocycles. The van der Waals surface area contributed by atoms with E-state index in [1.54, 1.807) is 31.2 Å². The van der Waals surface area contributed by atoms with Crippen LogP contribution in [0.3, 0.4) is 0 Å². The number of rotatable bonds is 6. The standard InChI is InChI=1S/C17H16N2O4S2/c1-2-23-16(20)10-13-11-18-17(24-13)19-25(21,22)15-9-5-7-12-6-3-4-8-14(12)15/h3-9,11H,2,10H2,1H3,(H,18,19). The Morgan fingerprint density at radius 3 is 2.76 bits per heavy atom. The number of carbonyl (C=O) groups is 1. The quantitative estimate of drug-likeness (QED) is 0.668. The molecule has 0 saturated carbocycles. The molecule has 0 atom stereocenters. The maximum atomic E-state index is 12.7. The zero-order valence-corrected chi connectivity index (χ0v) is 15.1. The normalized spacial score (nSPS) is 11.4. The third-order valence-corrected chi connectivity index (χ3v) is 5.88. The number of thiazole rings is 1. The lowest BCUT2D eigenvalue weighted by molar-refractivity contribution is -0.142. The molecule has 0 aliphatic rings. The fourth-order valence-electron chi connectivity index (χ4n) is 2.39. The maximum Gasteiger partial charge on any atom is 0.311 e. The molecule has 0 aliphatic carbocycles. The van der Waals surface area contributed by atoms with Crippen LogP contribution in [-0.4, -0.2) is 26.0 Å². The first kappa shape index (κ1) is 17.4. The van der Waals surface area contributed by atoms with Crippen molar-refractivity contribution in [3.8, 4) is 0 Å². The Labute approximate surface area is 149 Å². The van der Waals surface area contributed by atoms with Gasteiger partial charge in [-0.3, -0.25) is 9.52 Å². The van der Waals surface area contributed by atoms with Crippen molar-refractivity contribution in [2.45, 2.75) is 18.2 Å². The summed E-state index contributed by atoms with van der Waals surface area (Å²) >= 11 is 1.11. The molecule has 1 aromatic heterocycles. The number of aromatic nitrogens is 1. The Bertz CT molecular complexity index is 1010. The Kier molecular flexibility index (Phi) is 5.00. The van der Waals surface area contributed by atoms with E-state index in [4.69, 9.17) is 4.74 Å². The first-order chi connectivity index (χ1) is 12.0. The summed E-state index contributed by atoms with van der Waals surface area (Å²) in [4.78, 5) is 16.4. The highest BCUT2D eigenvalue weighted by atomic mass is 32.2. The number of benzene rings is 2. The van der Waals surface area contributed by atoms with Crippen molar-refractivity contribution >= 4 is 43.2 Å². The smallest absolute Gasteiger partial charge is 0.311 e. The van der Waals surface area contributed by atoms with Crippen molar-refractivity contribution in [1.82, 2.24) is 4.98 Å². The summed E-state index contributed by atoms with van der Waals surface area (Å²) in [5.41, 5.74) is 0. The van der Waals surface area contributed by atoms with E-state index in [9.17, 15) is 13.2 Å². The van der Waals surface area contributed by atoms with Gasteiger partial charge in [-0.1, -0.05) is 36.4 Å². The monoisotopic (exact) mass is 376 g/mol. The molecule has 1 heterocycles. The number of hydrogen-bond donors (Lipinski definition) is 1. The molecule has 8 heteroatoms. The van der Waals surface area contributed by atoms with Crippen LogP contribution in [0.25, 0.3) is 10.8 Å². The zero-order chi connectivity index (χ0) is 17.9. The summed E-state index contributed by atoms with van der Waals surface area (Å²) in [5.74, 6) is -0.366. The number of carbonyl (C=O) groups excluding carboxylic acids is 1. The molecule has 0 spiro atoms. The van der Waals surface area contributed by atoms with Gasteiger partial charge >= 0.3 is 5.97 Å². The number of hydrogen-bond acceptors (Lipinski definition) is 6. The Balaban J connectivity index is 1.84. The highest BCUT2D eigenvalue weighted by Gasteiger charge is 2.19. The van der Waals surface area contributed by atoms with Crippen LogP contribution >= 0.6 is 11.3 Å². The summed E-state index contributed by atoms with van der Waals surface area (Å²) < 4.78 is 32.8. The number of fused-ring (bicyclic) bond motifs is 1. The Morgan fingerprint density at radius 2 is 1.96 bits per heavy atom. The summed E-state index contributed by atoms with van der Waals surface area (Å²) in [6.45, 7) is 2.03. The number of nitrogens with one attached hydrogen (secondary N) is 1.